The van der Waals surface area contributed by atoms with Crippen molar-refractivity contribution in [2.75, 3.05) is 19.0 Å². The second kappa shape index (κ2) is 10.3. The van der Waals surface area contributed by atoms with Gasteiger partial charge < -0.3 is 24.8 Å². The minimum Gasteiger partial charge on any atom is -0.493 e. The molecule has 0 bridgehead atoms. The van der Waals surface area contributed by atoms with Crippen LogP contribution in [0, 0.1) is 0 Å². The molecular weight excluding hydrogens is 456 g/mol. The zero-order valence-electron chi connectivity index (χ0n) is 18.7. The molecular formula is C26H23ClN2O5. The summed E-state index contributed by atoms with van der Waals surface area (Å²) in [7, 11) is 1.58. The van der Waals surface area contributed by atoms with Crippen molar-refractivity contribution in [1.82, 2.24) is 5.32 Å². The van der Waals surface area contributed by atoms with E-state index in [9.17, 15) is 9.59 Å². The first-order valence-electron chi connectivity index (χ1n) is 10.6. The van der Waals surface area contributed by atoms with Gasteiger partial charge in [-0.25, -0.2) is 0 Å². The molecule has 1 aliphatic heterocycles. The Kier molecular flexibility index (Phi) is 7.04. The van der Waals surface area contributed by atoms with Gasteiger partial charge in [-0.05, 0) is 66.6 Å². The Labute approximate surface area is 202 Å². The van der Waals surface area contributed by atoms with Crippen LogP contribution in [0.15, 0.2) is 66.4 Å². The number of fused-ring (bicyclic) bond motifs is 1. The standard InChI is InChI=1S/C26H23ClN2O5/c1-3-33-23-13-17(7-9-22(23)32-2)15-28-25(30)18-8-10-21-20(14-18)29-26(31)24(34-21)12-16-5-4-6-19(27)11-16/h4-14H,3,15H2,1-2H3,(H,28,30)(H,29,31). The van der Waals surface area contributed by atoms with Crippen LogP contribution in [0.2, 0.25) is 5.02 Å². The minimum absolute atomic E-state index is 0.136. The molecule has 7 nitrogen and oxygen atoms in total. The Balaban J connectivity index is 1.45. The van der Waals surface area contributed by atoms with Gasteiger partial charge in [-0.15, -0.1) is 0 Å². The van der Waals surface area contributed by atoms with Crippen LogP contribution in [0.3, 0.4) is 0 Å². The van der Waals surface area contributed by atoms with Gasteiger partial charge in [0.25, 0.3) is 11.8 Å². The number of amides is 2. The van der Waals surface area contributed by atoms with Gasteiger partial charge in [0, 0.05) is 17.1 Å². The average molecular weight is 479 g/mol. The van der Waals surface area contributed by atoms with Gasteiger partial charge in [0.15, 0.2) is 23.0 Å². The smallest absolute Gasteiger partial charge is 0.291 e. The van der Waals surface area contributed by atoms with E-state index in [1.807, 2.05) is 25.1 Å². The summed E-state index contributed by atoms with van der Waals surface area (Å²) in [5.41, 5.74) is 2.42. The third-order valence-electron chi connectivity index (χ3n) is 5.06. The van der Waals surface area contributed by atoms with E-state index >= 15 is 0 Å². The molecule has 0 saturated heterocycles. The Bertz CT molecular complexity index is 1270. The summed E-state index contributed by atoms with van der Waals surface area (Å²) < 4.78 is 16.6. The summed E-state index contributed by atoms with van der Waals surface area (Å²) in [6.07, 6.45) is 1.61. The van der Waals surface area contributed by atoms with Crippen LogP contribution in [0.4, 0.5) is 5.69 Å². The predicted molar refractivity (Wildman–Crippen MR) is 130 cm³/mol. The van der Waals surface area contributed by atoms with Crippen LogP contribution < -0.4 is 24.8 Å². The monoisotopic (exact) mass is 478 g/mol. The summed E-state index contributed by atoms with van der Waals surface area (Å²) >= 11 is 6.01. The number of hydrogen-bond acceptors (Lipinski definition) is 5. The van der Waals surface area contributed by atoms with Gasteiger partial charge in [-0.2, -0.15) is 0 Å². The SMILES string of the molecule is CCOc1cc(CNC(=O)c2ccc3c(c2)NC(=O)C(=Cc2cccc(Cl)c2)O3)ccc1OC. The molecule has 0 unspecified atom stereocenters. The molecule has 34 heavy (non-hydrogen) atoms. The van der Waals surface area contributed by atoms with Gasteiger partial charge in [-0.3, -0.25) is 9.59 Å². The molecule has 1 aliphatic rings. The zero-order valence-corrected chi connectivity index (χ0v) is 19.4. The number of hydrogen-bond donors (Lipinski definition) is 2. The molecule has 4 rings (SSSR count). The Morgan fingerprint density at radius 1 is 1.12 bits per heavy atom. The topological polar surface area (TPSA) is 85.9 Å². The van der Waals surface area contributed by atoms with Crippen LogP contribution in [0.1, 0.15) is 28.4 Å². The summed E-state index contributed by atoms with van der Waals surface area (Å²) in [4.78, 5) is 25.2. The van der Waals surface area contributed by atoms with E-state index in [4.69, 9.17) is 25.8 Å². The fraction of sp³-hybridized carbons (Fsp3) is 0.154. The Morgan fingerprint density at radius 2 is 1.97 bits per heavy atom. The van der Waals surface area contributed by atoms with Crippen molar-refractivity contribution in [3.05, 3.63) is 88.1 Å². The highest BCUT2D eigenvalue weighted by molar-refractivity contribution is 6.30. The number of rotatable bonds is 7. The highest BCUT2D eigenvalue weighted by atomic mass is 35.5. The zero-order chi connectivity index (χ0) is 24.1. The lowest BCUT2D eigenvalue weighted by atomic mass is 10.1. The summed E-state index contributed by atoms with van der Waals surface area (Å²) in [5, 5.41) is 6.21. The number of benzene rings is 3. The molecule has 0 radical (unpaired) electrons. The molecule has 2 N–H and O–H groups in total. The van der Waals surface area contributed by atoms with E-state index in [0.29, 0.717) is 46.7 Å². The molecule has 3 aromatic rings. The number of carbonyl (C=O) groups is 2. The maximum absolute atomic E-state index is 12.7. The lowest BCUT2D eigenvalue weighted by Crippen LogP contribution is -2.25. The lowest BCUT2D eigenvalue weighted by molar-refractivity contribution is -0.115. The number of anilines is 1. The van der Waals surface area contributed by atoms with E-state index in [0.717, 1.165) is 11.1 Å². The highest BCUT2D eigenvalue weighted by Gasteiger charge is 2.23. The molecule has 0 saturated carbocycles. The van der Waals surface area contributed by atoms with Crippen molar-refractivity contribution in [3.63, 3.8) is 0 Å². The molecule has 2 amide bonds. The van der Waals surface area contributed by atoms with Crippen molar-refractivity contribution in [2.24, 2.45) is 0 Å². The third-order valence-corrected chi connectivity index (χ3v) is 5.30. The Morgan fingerprint density at radius 3 is 2.74 bits per heavy atom. The first-order valence-corrected chi connectivity index (χ1v) is 11.0. The number of methoxy groups -OCH3 is 1. The largest absolute Gasteiger partial charge is 0.493 e. The number of nitrogens with one attached hydrogen (secondary N) is 2. The normalized spacial score (nSPS) is 13.5. The van der Waals surface area contributed by atoms with Crippen LogP contribution in [0.5, 0.6) is 17.2 Å². The second-order valence-electron chi connectivity index (χ2n) is 7.43. The van der Waals surface area contributed by atoms with Gasteiger partial charge in [-0.1, -0.05) is 29.8 Å². The van der Waals surface area contributed by atoms with Crippen LogP contribution in [0.25, 0.3) is 6.08 Å². The molecule has 0 spiro atoms. The van der Waals surface area contributed by atoms with Crippen molar-refractivity contribution in [3.8, 4) is 17.2 Å². The van der Waals surface area contributed by atoms with Crippen molar-refractivity contribution in [1.29, 1.82) is 0 Å². The van der Waals surface area contributed by atoms with Crippen molar-refractivity contribution >= 4 is 35.2 Å². The maximum Gasteiger partial charge on any atom is 0.291 e. The summed E-state index contributed by atoms with van der Waals surface area (Å²) in [5.74, 6) is 1.13. The summed E-state index contributed by atoms with van der Waals surface area (Å²) in [6, 6.07) is 17.4. The molecule has 1 heterocycles. The minimum atomic E-state index is -0.410. The second-order valence-corrected chi connectivity index (χ2v) is 7.87. The summed E-state index contributed by atoms with van der Waals surface area (Å²) in [6.45, 7) is 2.70. The average Bonchev–Trinajstić information content (AvgIpc) is 2.83. The fourth-order valence-electron chi connectivity index (χ4n) is 3.43. The van der Waals surface area contributed by atoms with Crippen LogP contribution >= 0.6 is 11.6 Å². The molecule has 8 heteroatoms. The maximum atomic E-state index is 12.7. The molecule has 0 atom stereocenters. The predicted octanol–water partition coefficient (Wildman–Crippen LogP) is 5.05. The van der Waals surface area contributed by atoms with E-state index in [1.165, 1.54) is 0 Å². The number of carbonyl (C=O) groups excluding carboxylic acids is 2. The van der Waals surface area contributed by atoms with Gasteiger partial charge in [0.2, 0.25) is 0 Å². The van der Waals surface area contributed by atoms with E-state index in [2.05, 4.69) is 10.6 Å². The molecule has 0 fully saturated rings. The number of halogens is 1. The van der Waals surface area contributed by atoms with Crippen LogP contribution in [-0.4, -0.2) is 25.5 Å². The molecule has 0 aliphatic carbocycles. The highest BCUT2D eigenvalue weighted by Crippen LogP contribution is 2.33. The lowest BCUT2D eigenvalue weighted by Gasteiger charge is -2.20. The number of ether oxygens (including phenoxy) is 3. The van der Waals surface area contributed by atoms with Gasteiger partial charge in [0.1, 0.15) is 0 Å². The fourth-order valence-corrected chi connectivity index (χ4v) is 3.63. The quantitative estimate of drug-likeness (QED) is 0.464. The molecule has 174 valence electrons. The molecule has 3 aromatic carbocycles. The third kappa shape index (κ3) is 5.32. The van der Waals surface area contributed by atoms with Gasteiger partial charge >= 0.3 is 0 Å². The first kappa shape index (κ1) is 23.2. The van der Waals surface area contributed by atoms with Crippen LogP contribution in [-0.2, 0) is 11.3 Å². The van der Waals surface area contributed by atoms with E-state index < -0.39 is 5.91 Å². The Hall–Kier alpha value is -3.97. The molecule has 0 aromatic heterocycles. The van der Waals surface area contributed by atoms with E-state index in [1.54, 1.807) is 55.7 Å². The van der Waals surface area contributed by atoms with Gasteiger partial charge in [0.05, 0.1) is 19.4 Å². The van der Waals surface area contributed by atoms with Crippen molar-refractivity contribution in [2.45, 2.75) is 13.5 Å². The van der Waals surface area contributed by atoms with Crippen molar-refractivity contribution < 1.29 is 23.8 Å². The van der Waals surface area contributed by atoms with E-state index in [-0.39, 0.29) is 11.7 Å². The first-order chi connectivity index (χ1) is 16.5.